The van der Waals surface area contributed by atoms with E-state index in [1.165, 1.54) is 10.2 Å². The fourth-order valence-electron chi connectivity index (χ4n) is 2.55. The molecule has 0 amide bonds. The first-order valence-electron chi connectivity index (χ1n) is 8.09. The molecule has 0 aliphatic carbocycles. The van der Waals surface area contributed by atoms with E-state index in [2.05, 4.69) is 10.1 Å². The van der Waals surface area contributed by atoms with Gasteiger partial charge in [0.2, 0.25) is 0 Å². The molecule has 0 aliphatic heterocycles. The predicted molar refractivity (Wildman–Crippen MR) is 106 cm³/mol. The highest BCUT2D eigenvalue weighted by atomic mass is 32.2. The van der Waals surface area contributed by atoms with E-state index in [9.17, 15) is 4.79 Å². The summed E-state index contributed by atoms with van der Waals surface area (Å²) in [5.41, 5.74) is 5.00. The van der Waals surface area contributed by atoms with E-state index in [0.717, 1.165) is 39.3 Å². The smallest absolute Gasteiger partial charge is 0.280 e. The van der Waals surface area contributed by atoms with Gasteiger partial charge in [0, 0.05) is 16.8 Å². The molecule has 26 heavy (non-hydrogen) atoms. The van der Waals surface area contributed by atoms with Crippen molar-refractivity contribution >= 4 is 23.7 Å². The van der Waals surface area contributed by atoms with Crippen molar-refractivity contribution in [2.45, 2.75) is 25.7 Å². The van der Waals surface area contributed by atoms with Gasteiger partial charge >= 0.3 is 0 Å². The molecule has 0 spiro atoms. The molecular formula is C20H18N4OS. The lowest BCUT2D eigenvalue weighted by Crippen LogP contribution is -2.17. The maximum atomic E-state index is 12.7. The second-order valence-electron chi connectivity index (χ2n) is 6.01. The standard InChI is InChI=1S/C20H18N4OS/c1-13-4-7-17(10-14(13)2)24-20(25)19(15(3)23-24)11-22-16-5-8-18(9-6-16)26-12-21/h4-11,23H,1-3H3. The highest BCUT2D eigenvalue weighted by molar-refractivity contribution is 8.03. The van der Waals surface area contributed by atoms with Gasteiger partial charge < -0.3 is 0 Å². The maximum Gasteiger partial charge on any atom is 0.280 e. The summed E-state index contributed by atoms with van der Waals surface area (Å²) in [6.45, 7) is 5.92. The van der Waals surface area contributed by atoms with Crippen LogP contribution in [0.2, 0.25) is 0 Å². The van der Waals surface area contributed by atoms with Crippen molar-refractivity contribution < 1.29 is 0 Å². The van der Waals surface area contributed by atoms with Gasteiger partial charge in [-0.05, 0) is 80.1 Å². The summed E-state index contributed by atoms with van der Waals surface area (Å²) < 4.78 is 1.54. The Morgan fingerprint density at radius 2 is 1.85 bits per heavy atom. The molecule has 0 saturated carbocycles. The number of aromatic nitrogens is 2. The SMILES string of the molecule is Cc1ccc(-n2[nH]c(C)c(C=Nc3ccc(SC#N)cc3)c2=O)cc1C. The Labute approximate surface area is 156 Å². The molecule has 0 aliphatic rings. The number of nitrogens with zero attached hydrogens (tertiary/aromatic N) is 3. The van der Waals surface area contributed by atoms with E-state index in [4.69, 9.17) is 5.26 Å². The monoisotopic (exact) mass is 362 g/mol. The molecular weight excluding hydrogens is 344 g/mol. The third-order valence-corrected chi connectivity index (χ3v) is 4.81. The molecule has 0 atom stereocenters. The number of aliphatic imine (C=N–C) groups is 1. The number of thiocyanates is 1. The predicted octanol–water partition coefficient (Wildman–Crippen LogP) is 4.41. The molecule has 0 saturated heterocycles. The zero-order chi connectivity index (χ0) is 18.7. The van der Waals surface area contributed by atoms with Gasteiger partial charge in [-0.2, -0.15) is 5.26 Å². The molecule has 6 heteroatoms. The second-order valence-corrected chi connectivity index (χ2v) is 6.86. The number of hydrogen-bond acceptors (Lipinski definition) is 4. The highest BCUT2D eigenvalue weighted by Gasteiger charge is 2.11. The summed E-state index contributed by atoms with van der Waals surface area (Å²) in [4.78, 5) is 18.0. The minimum Gasteiger partial charge on any atom is -0.295 e. The lowest BCUT2D eigenvalue weighted by Gasteiger charge is -2.05. The molecule has 0 unspecified atom stereocenters. The van der Waals surface area contributed by atoms with Crippen LogP contribution in [0.3, 0.4) is 0 Å². The van der Waals surface area contributed by atoms with Crippen molar-refractivity contribution in [1.29, 1.82) is 5.26 Å². The number of hydrogen-bond donors (Lipinski definition) is 1. The number of nitriles is 1. The van der Waals surface area contributed by atoms with Crippen LogP contribution in [0.5, 0.6) is 0 Å². The van der Waals surface area contributed by atoms with Crippen LogP contribution in [-0.4, -0.2) is 16.0 Å². The van der Waals surface area contributed by atoms with Gasteiger partial charge in [0.15, 0.2) is 0 Å². The minimum atomic E-state index is -0.133. The molecule has 3 aromatic rings. The van der Waals surface area contributed by atoms with E-state index >= 15 is 0 Å². The van der Waals surface area contributed by atoms with E-state index in [1.807, 2.05) is 68.6 Å². The Balaban J connectivity index is 1.92. The zero-order valence-corrected chi connectivity index (χ0v) is 15.6. The molecule has 0 radical (unpaired) electrons. The van der Waals surface area contributed by atoms with Crippen molar-refractivity contribution in [1.82, 2.24) is 9.78 Å². The summed E-state index contributed by atoms with van der Waals surface area (Å²) in [5, 5.41) is 13.8. The fraction of sp³-hybridized carbons (Fsp3) is 0.150. The Morgan fingerprint density at radius 1 is 1.12 bits per heavy atom. The number of thioether (sulfide) groups is 1. The van der Waals surface area contributed by atoms with Crippen LogP contribution in [0.1, 0.15) is 22.4 Å². The van der Waals surface area contributed by atoms with Crippen molar-refractivity contribution in [3.63, 3.8) is 0 Å². The Morgan fingerprint density at radius 3 is 2.50 bits per heavy atom. The molecule has 2 aromatic carbocycles. The van der Waals surface area contributed by atoms with Crippen molar-refractivity contribution in [3.8, 4) is 11.1 Å². The summed E-state index contributed by atoms with van der Waals surface area (Å²) in [6, 6.07) is 13.2. The summed E-state index contributed by atoms with van der Waals surface area (Å²) in [5.74, 6) is 0. The molecule has 0 fully saturated rings. The molecule has 1 N–H and O–H groups in total. The summed E-state index contributed by atoms with van der Waals surface area (Å²) >= 11 is 1.10. The van der Waals surface area contributed by atoms with Gasteiger partial charge in [-0.3, -0.25) is 14.9 Å². The topological polar surface area (TPSA) is 73.9 Å². The first-order chi connectivity index (χ1) is 12.5. The van der Waals surface area contributed by atoms with E-state index < -0.39 is 0 Å². The van der Waals surface area contributed by atoms with Gasteiger partial charge in [0.1, 0.15) is 5.40 Å². The van der Waals surface area contributed by atoms with Gasteiger partial charge in [-0.25, -0.2) is 4.68 Å². The number of aromatic amines is 1. The van der Waals surface area contributed by atoms with Gasteiger partial charge in [0.25, 0.3) is 5.56 Å². The van der Waals surface area contributed by atoms with Crippen LogP contribution in [0.4, 0.5) is 5.69 Å². The van der Waals surface area contributed by atoms with Crippen LogP contribution in [-0.2, 0) is 0 Å². The Bertz CT molecular complexity index is 1070. The number of H-pyrrole nitrogens is 1. The van der Waals surface area contributed by atoms with Crippen LogP contribution < -0.4 is 5.56 Å². The Kier molecular flexibility index (Phi) is 5.10. The summed E-state index contributed by atoms with van der Waals surface area (Å²) in [6.07, 6.45) is 1.58. The van der Waals surface area contributed by atoms with Crippen LogP contribution >= 0.6 is 11.8 Å². The number of aryl methyl sites for hydroxylation is 3. The quantitative estimate of drug-likeness (QED) is 0.424. The second kappa shape index (κ2) is 7.46. The third-order valence-electron chi connectivity index (χ3n) is 4.21. The molecule has 3 rings (SSSR count). The van der Waals surface area contributed by atoms with E-state index in [-0.39, 0.29) is 5.56 Å². The molecule has 5 nitrogen and oxygen atoms in total. The lowest BCUT2D eigenvalue weighted by molar-refractivity contribution is 0.833. The molecule has 0 bridgehead atoms. The normalized spacial score (nSPS) is 11.0. The molecule has 1 heterocycles. The third kappa shape index (κ3) is 3.63. The van der Waals surface area contributed by atoms with Crippen LogP contribution in [0, 0.1) is 31.4 Å². The van der Waals surface area contributed by atoms with Crippen molar-refractivity contribution in [2.24, 2.45) is 4.99 Å². The number of rotatable bonds is 4. The van der Waals surface area contributed by atoms with Gasteiger partial charge in [0.05, 0.1) is 16.9 Å². The van der Waals surface area contributed by atoms with Crippen LogP contribution in [0.25, 0.3) is 5.69 Å². The van der Waals surface area contributed by atoms with Gasteiger partial charge in [-0.15, -0.1) is 0 Å². The average Bonchev–Trinajstić information content (AvgIpc) is 2.91. The largest absolute Gasteiger partial charge is 0.295 e. The van der Waals surface area contributed by atoms with Crippen molar-refractivity contribution in [2.75, 3.05) is 0 Å². The number of nitrogens with one attached hydrogen (secondary N) is 1. The molecule has 1 aromatic heterocycles. The summed E-state index contributed by atoms with van der Waals surface area (Å²) in [7, 11) is 0. The van der Waals surface area contributed by atoms with E-state index in [1.54, 1.807) is 6.21 Å². The first-order valence-corrected chi connectivity index (χ1v) is 8.90. The van der Waals surface area contributed by atoms with Crippen molar-refractivity contribution in [3.05, 3.63) is 75.2 Å². The highest BCUT2D eigenvalue weighted by Crippen LogP contribution is 2.20. The lowest BCUT2D eigenvalue weighted by atomic mass is 10.1. The minimum absolute atomic E-state index is 0.133. The van der Waals surface area contributed by atoms with Gasteiger partial charge in [-0.1, -0.05) is 6.07 Å². The fourth-order valence-corrected chi connectivity index (χ4v) is 2.93. The average molecular weight is 362 g/mol. The van der Waals surface area contributed by atoms with E-state index in [0.29, 0.717) is 5.56 Å². The zero-order valence-electron chi connectivity index (χ0n) is 14.8. The molecule has 130 valence electrons. The maximum absolute atomic E-state index is 12.7. The van der Waals surface area contributed by atoms with Crippen LogP contribution in [0.15, 0.2) is 57.1 Å². The Hall–Kier alpha value is -3.04. The number of benzene rings is 2. The first kappa shape index (κ1) is 17.8.